The number of halogens is 2. The second kappa shape index (κ2) is 9.61. The number of rotatable bonds is 5. The molecule has 4 aromatic rings. The first-order chi connectivity index (χ1) is 13.3. The van der Waals surface area contributed by atoms with E-state index in [4.69, 9.17) is 11.6 Å². The molecule has 0 N–H and O–H groups in total. The van der Waals surface area contributed by atoms with Crippen molar-refractivity contribution < 1.29 is 17.0 Å². The summed E-state index contributed by atoms with van der Waals surface area (Å²) in [6.45, 7) is 0. The molecule has 0 fully saturated rings. The van der Waals surface area contributed by atoms with Crippen molar-refractivity contribution in [3.63, 3.8) is 0 Å². The van der Waals surface area contributed by atoms with Crippen molar-refractivity contribution in [3.8, 4) is 0 Å². The van der Waals surface area contributed by atoms with Gasteiger partial charge in [-0.3, -0.25) is 0 Å². The molecule has 4 aromatic carbocycles. The molecular formula is C25H21AsBrCl. The predicted octanol–water partition coefficient (Wildman–Crippen LogP) is 1.60. The number of hydrogen-bond donors (Lipinski definition) is 0. The zero-order valence-electron chi connectivity index (χ0n) is 15.4. The van der Waals surface area contributed by atoms with E-state index in [9.17, 15) is 0 Å². The molecule has 0 spiro atoms. The van der Waals surface area contributed by atoms with Crippen LogP contribution in [0.4, 0.5) is 0 Å². The molecule has 3 heteroatoms. The standard InChI is InChI=1S/C25H21AsCl.BrH/c27-25-18-16-21(17-19-25)20-26(22-10-4-1-5-11-22,23-12-6-2-7-13-23)24-14-8-3-9-15-24;/h1-19H,20H2;1H/q+1;/p-1. The molecule has 28 heavy (non-hydrogen) atoms. The van der Waals surface area contributed by atoms with E-state index >= 15 is 0 Å². The minimum atomic E-state index is -2.69. The summed E-state index contributed by atoms with van der Waals surface area (Å²) in [6.07, 6.45) is 0. The van der Waals surface area contributed by atoms with Crippen LogP contribution in [0.3, 0.4) is 0 Å². The quantitative estimate of drug-likeness (QED) is 0.357. The van der Waals surface area contributed by atoms with Crippen LogP contribution in [0.15, 0.2) is 115 Å². The van der Waals surface area contributed by atoms with Crippen LogP contribution in [0.25, 0.3) is 0 Å². The van der Waals surface area contributed by atoms with Gasteiger partial charge in [-0.2, -0.15) is 0 Å². The molecule has 0 unspecified atom stereocenters. The van der Waals surface area contributed by atoms with Gasteiger partial charge in [-0.25, -0.2) is 0 Å². The maximum Gasteiger partial charge on any atom is -1.00 e. The molecule has 0 aliphatic heterocycles. The van der Waals surface area contributed by atoms with Crippen LogP contribution in [-0.4, -0.2) is 13.6 Å². The molecule has 0 atom stereocenters. The summed E-state index contributed by atoms with van der Waals surface area (Å²) in [4.78, 5) is 0. The smallest absolute Gasteiger partial charge is 1.00 e. The van der Waals surface area contributed by atoms with Crippen LogP contribution < -0.4 is 30.0 Å². The molecule has 0 aromatic heterocycles. The molecule has 0 aliphatic rings. The van der Waals surface area contributed by atoms with E-state index in [0.717, 1.165) is 10.2 Å². The molecule has 0 nitrogen and oxygen atoms in total. The van der Waals surface area contributed by atoms with Gasteiger partial charge in [-0.05, 0) is 0 Å². The summed E-state index contributed by atoms with van der Waals surface area (Å²) in [5.41, 5.74) is 1.34. The molecule has 0 saturated heterocycles. The van der Waals surface area contributed by atoms with Gasteiger partial charge in [0.15, 0.2) is 0 Å². The van der Waals surface area contributed by atoms with Crippen molar-refractivity contribution in [2.45, 2.75) is 5.21 Å². The second-order valence-corrected chi connectivity index (χ2v) is 14.3. The van der Waals surface area contributed by atoms with Gasteiger partial charge in [-0.15, -0.1) is 0 Å². The van der Waals surface area contributed by atoms with Crippen molar-refractivity contribution in [3.05, 3.63) is 126 Å². The van der Waals surface area contributed by atoms with E-state index in [-0.39, 0.29) is 17.0 Å². The largest absolute Gasteiger partial charge is 1.00 e. The third-order valence-electron chi connectivity index (χ3n) is 4.92. The Morgan fingerprint density at radius 3 is 1.21 bits per heavy atom. The van der Waals surface area contributed by atoms with Gasteiger partial charge < -0.3 is 17.0 Å². The van der Waals surface area contributed by atoms with Crippen molar-refractivity contribution in [1.82, 2.24) is 0 Å². The van der Waals surface area contributed by atoms with Gasteiger partial charge in [0.25, 0.3) is 0 Å². The molecule has 0 amide bonds. The Morgan fingerprint density at radius 1 is 0.500 bits per heavy atom. The Labute approximate surface area is 185 Å². The minimum absolute atomic E-state index is 0. The third kappa shape index (κ3) is 4.28. The van der Waals surface area contributed by atoms with Crippen LogP contribution in [0.1, 0.15) is 5.56 Å². The second-order valence-electron chi connectivity index (χ2n) is 6.60. The van der Waals surface area contributed by atoms with Crippen LogP contribution in [0, 0.1) is 0 Å². The van der Waals surface area contributed by atoms with Crippen LogP contribution in [0.5, 0.6) is 0 Å². The fourth-order valence-corrected chi connectivity index (χ4v) is 12.7. The SMILES string of the molecule is Clc1ccc(C[As+](c2ccccc2)(c2ccccc2)c2ccccc2)cc1.[Br-]. The fraction of sp³-hybridized carbons (Fsp3) is 0.0400. The maximum absolute atomic E-state index is 6.15. The minimum Gasteiger partial charge on any atom is -1.00 e. The van der Waals surface area contributed by atoms with Gasteiger partial charge in [0.1, 0.15) is 0 Å². The summed E-state index contributed by atoms with van der Waals surface area (Å²) >= 11 is 3.46. The predicted molar refractivity (Wildman–Crippen MR) is 119 cm³/mol. The normalized spacial score (nSPS) is 10.9. The van der Waals surface area contributed by atoms with Crippen LogP contribution in [0.2, 0.25) is 5.02 Å². The van der Waals surface area contributed by atoms with E-state index in [2.05, 4.69) is 103 Å². The molecule has 4 rings (SSSR count). The zero-order valence-corrected chi connectivity index (χ0v) is 19.6. The summed E-state index contributed by atoms with van der Waals surface area (Å²) in [7, 11) is 0. The number of hydrogen-bond acceptors (Lipinski definition) is 0. The van der Waals surface area contributed by atoms with E-state index < -0.39 is 13.6 Å². The molecule has 0 radical (unpaired) electrons. The van der Waals surface area contributed by atoms with Gasteiger partial charge in [0.05, 0.1) is 0 Å². The van der Waals surface area contributed by atoms with Gasteiger partial charge in [-0.1, -0.05) is 0 Å². The molecular weight excluding hydrogens is 491 g/mol. The molecule has 0 heterocycles. The van der Waals surface area contributed by atoms with Crippen molar-refractivity contribution in [1.29, 1.82) is 0 Å². The molecule has 0 aliphatic carbocycles. The Kier molecular flexibility index (Phi) is 7.18. The third-order valence-corrected chi connectivity index (χ3v) is 14.4. The molecule has 0 bridgehead atoms. The van der Waals surface area contributed by atoms with Crippen LogP contribution in [-0.2, 0) is 5.21 Å². The summed E-state index contributed by atoms with van der Waals surface area (Å²) < 4.78 is 4.38. The van der Waals surface area contributed by atoms with E-state index in [1.807, 2.05) is 12.1 Å². The summed E-state index contributed by atoms with van der Waals surface area (Å²) in [6, 6.07) is 41.5. The first-order valence-electron chi connectivity index (χ1n) is 9.08. The Balaban J connectivity index is 0.00000225. The summed E-state index contributed by atoms with van der Waals surface area (Å²) in [5.74, 6) is 0. The molecule has 0 saturated carbocycles. The van der Waals surface area contributed by atoms with Crippen molar-refractivity contribution in [2.24, 2.45) is 0 Å². The van der Waals surface area contributed by atoms with E-state index in [1.54, 1.807) is 0 Å². The van der Waals surface area contributed by atoms with Crippen molar-refractivity contribution in [2.75, 3.05) is 0 Å². The Bertz CT molecular complexity index is 890. The first-order valence-corrected chi connectivity index (χ1v) is 13.6. The van der Waals surface area contributed by atoms with Gasteiger partial charge in [0.2, 0.25) is 0 Å². The van der Waals surface area contributed by atoms with E-state index in [0.29, 0.717) is 0 Å². The number of benzene rings is 4. The van der Waals surface area contributed by atoms with Crippen molar-refractivity contribution >= 4 is 38.2 Å². The van der Waals surface area contributed by atoms with Gasteiger partial charge in [0, 0.05) is 0 Å². The monoisotopic (exact) mass is 510 g/mol. The zero-order chi connectivity index (χ0) is 18.5. The average Bonchev–Trinajstić information content (AvgIpc) is 2.75. The van der Waals surface area contributed by atoms with Crippen LogP contribution >= 0.6 is 11.6 Å². The fourth-order valence-electron chi connectivity index (χ4n) is 3.63. The molecule has 140 valence electrons. The first kappa shape index (κ1) is 20.9. The topological polar surface area (TPSA) is 0 Å². The summed E-state index contributed by atoms with van der Waals surface area (Å²) in [5, 5.41) is 1.82. The van der Waals surface area contributed by atoms with Gasteiger partial charge >= 0.3 is 169 Å². The maximum atomic E-state index is 6.15. The Hall–Kier alpha value is -1.79. The average molecular weight is 512 g/mol. The Morgan fingerprint density at radius 2 is 0.857 bits per heavy atom. The van der Waals surface area contributed by atoms with E-state index in [1.165, 1.54) is 18.6 Å².